The second-order valence-electron chi connectivity index (χ2n) is 6.30. The molecule has 1 aliphatic carbocycles. The average molecular weight is 210 g/mol. The van der Waals surface area contributed by atoms with E-state index >= 15 is 0 Å². The first-order valence-corrected chi connectivity index (χ1v) is 6.50. The van der Waals surface area contributed by atoms with Crippen molar-refractivity contribution in [3.8, 4) is 0 Å². The Kier molecular flexibility index (Phi) is 3.09. The van der Waals surface area contributed by atoms with Gasteiger partial charge in [-0.25, -0.2) is 0 Å². The lowest BCUT2D eigenvalue weighted by Crippen LogP contribution is -2.42. The molecule has 0 aromatic heterocycles. The van der Waals surface area contributed by atoms with Crippen LogP contribution in [-0.4, -0.2) is 30.1 Å². The highest BCUT2D eigenvalue weighted by molar-refractivity contribution is 4.96. The minimum Gasteiger partial charge on any atom is -0.327 e. The van der Waals surface area contributed by atoms with Gasteiger partial charge in [0.1, 0.15) is 0 Å². The largest absolute Gasteiger partial charge is 0.327 e. The SMILES string of the molecule is CC1CCCN1CC1CCC(C)(C)C1N. The van der Waals surface area contributed by atoms with Gasteiger partial charge in [0.25, 0.3) is 0 Å². The van der Waals surface area contributed by atoms with Crippen molar-refractivity contribution >= 4 is 0 Å². The second kappa shape index (κ2) is 4.06. The Bertz CT molecular complexity index is 225. The molecule has 1 heterocycles. The van der Waals surface area contributed by atoms with E-state index in [0.717, 1.165) is 12.0 Å². The fourth-order valence-corrected chi connectivity index (χ4v) is 3.31. The molecule has 1 saturated carbocycles. The molecule has 15 heavy (non-hydrogen) atoms. The van der Waals surface area contributed by atoms with Crippen LogP contribution in [0.4, 0.5) is 0 Å². The van der Waals surface area contributed by atoms with Crippen LogP contribution in [0.15, 0.2) is 0 Å². The number of nitrogens with two attached hydrogens (primary N) is 1. The maximum atomic E-state index is 6.35. The highest BCUT2D eigenvalue weighted by Gasteiger charge is 2.40. The maximum Gasteiger partial charge on any atom is 0.0131 e. The van der Waals surface area contributed by atoms with E-state index in [9.17, 15) is 0 Å². The van der Waals surface area contributed by atoms with Gasteiger partial charge < -0.3 is 10.6 Å². The van der Waals surface area contributed by atoms with Crippen LogP contribution < -0.4 is 5.73 Å². The molecule has 0 bridgehead atoms. The molecule has 1 saturated heterocycles. The zero-order chi connectivity index (χ0) is 11.1. The molecule has 2 fully saturated rings. The van der Waals surface area contributed by atoms with Crippen molar-refractivity contribution in [1.82, 2.24) is 4.90 Å². The highest BCUT2D eigenvalue weighted by Crippen LogP contribution is 2.40. The highest BCUT2D eigenvalue weighted by atomic mass is 15.2. The van der Waals surface area contributed by atoms with Gasteiger partial charge in [-0.05, 0) is 50.5 Å². The second-order valence-corrected chi connectivity index (χ2v) is 6.30. The molecular formula is C13H26N2. The van der Waals surface area contributed by atoms with Gasteiger partial charge in [-0.1, -0.05) is 13.8 Å². The van der Waals surface area contributed by atoms with Crippen LogP contribution in [0.25, 0.3) is 0 Å². The van der Waals surface area contributed by atoms with Crippen LogP contribution in [0.5, 0.6) is 0 Å². The van der Waals surface area contributed by atoms with Crippen molar-refractivity contribution in [2.75, 3.05) is 13.1 Å². The minimum absolute atomic E-state index is 0.369. The Morgan fingerprint density at radius 2 is 2.07 bits per heavy atom. The summed E-state index contributed by atoms with van der Waals surface area (Å²) in [6.45, 7) is 9.55. The van der Waals surface area contributed by atoms with Gasteiger partial charge in [0, 0.05) is 18.6 Å². The Morgan fingerprint density at radius 3 is 2.53 bits per heavy atom. The predicted molar refractivity (Wildman–Crippen MR) is 64.7 cm³/mol. The molecule has 2 heteroatoms. The van der Waals surface area contributed by atoms with Crippen molar-refractivity contribution < 1.29 is 0 Å². The normalized spacial score (nSPS) is 41.2. The van der Waals surface area contributed by atoms with E-state index in [1.807, 2.05) is 0 Å². The molecule has 0 aromatic rings. The van der Waals surface area contributed by atoms with Crippen molar-refractivity contribution in [3.63, 3.8) is 0 Å². The third kappa shape index (κ3) is 2.21. The molecule has 0 radical (unpaired) electrons. The van der Waals surface area contributed by atoms with E-state index in [2.05, 4.69) is 25.7 Å². The molecule has 2 aliphatic rings. The zero-order valence-corrected chi connectivity index (χ0v) is 10.5. The fourth-order valence-electron chi connectivity index (χ4n) is 3.31. The third-order valence-electron chi connectivity index (χ3n) is 4.73. The summed E-state index contributed by atoms with van der Waals surface area (Å²) in [4.78, 5) is 2.64. The standard InChI is InChI=1S/C13H26N2/c1-10-5-4-8-15(10)9-11-6-7-13(2,3)12(11)14/h10-12H,4-9,14H2,1-3H3. The summed E-state index contributed by atoms with van der Waals surface area (Å²) in [5.74, 6) is 0.737. The molecule has 2 nitrogen and oxygen atoms in total. The lowest BCUT2D eigenvalue weighted by molar-refractivity contribution is 0.200. The van der Waals surface area contributed by atoms with E-state index in [1.54, 1.807) is 0 Å². The van der Waals surface area contributed by atoms with Gasteiger partial charge in [0.2, 0.25) is 0 Å². The molecule has 0 spiro atoms. The first-order chi connectivity index (χ1) is 7.00. The maximum absolute atomic E-state index is 6.35. The van der Waals surface area contributed by atoms with Gasteiger partial charge in [0.05, 0.1) is 0 Å². The summed E-state index contributed by atoms with van der Waals surface area (Å²) in [6.07, 6.45) is 5.40. The first-order valence-electron chi connectivity index (χ1n) is 6.50. The van der Waals surface area contributed by atoms with E-state index in [4.69, 9.17) is 5.73 Å². The molecule has 1 aliphatic heterocycles. The summed E-state index contributed by atoms with van der Waals surface area (Å²) < 4.78 is 0. The van der Waals surface area contributed by atoms with Crippen molar-refractivity contribution in [2.24, 2.45) is 17.1 Å². The van der Waals surface area contributed by atoms with Crippen LogP contribution in [0.1, 0.15) is 46.5 Å². The van der Waals surface area contributed by atoms with Crippen molar-refractivity contribution in [2.45, 2.75) is 58.5 Å². The Balaban J connectivity index is 1.90. The number of hydrogen-bond donors (Lipinski definition) is 1. The van der Waals surface area contributed by atoms with E-state index < -0.39 is 0 Å². The van der Waals surface area contributed by atoms with Crippen LogP contribution in [0.2, 0.25) is 0 Å². The Hall–Kier alpha value is -0.0800. The van der Waals surface area contributed by atoms with Gasteiger partial charge in [-0.15, -0.1) is 0 Å². The fraction of sp³-hybridized carbons (Fsp3) is 1.00. The van der Waals surface area contributed by atoms with Gasteiger partial charge in [0.15, 0.2) is 0 Å². The van der Waals surface area contributed by atoms with Crippen LogP contribution >= 0.6 is 0 Å². The Morgan fingerprint density at radius 1 is 1.33 bits per heavy atom. The zero-order valence-electron chi connectivity index (χ0n) is 10.5. The lowest BCUT2D eigenvalue weighted by atomic mass is 9.85. The van der Waals surface area contributed by atoms with Crippen molar-refractivity contribution in [1.29, 1.82) is 0 Å². The van der Waals surface area contributed by atoms with E-state index in [-0.39, 0.29) is 0 Å². The van der Waals surface area contributed by atoms with Gasteiger partial charge in [-0.3, -0.25) is 0 Å². The van der Waals surface area contributed by atoms with Crippen LogP contribution in [0.3, 0.4) is 0 Å². The number of likely N-dealkylation sites (tertiary alicyclic amines) is 1. The number of nitrogens with zero attached hydrogens (tertiary/aromatic N) is 1. The smallest absolute Gasteiger partial charge is 0.0131 e. The molecule has 3 atom stereocenters. The lowest BCUT2D eigenvalue weighted by Gasteiger charge is -2.31. The molecule has 2 rings (SSSR count). The first kappa shape index (κ1) is 11.4. The number of rotatable bonds is 2. The van der Waals surface area contributed by atoms with Gasteiger partial charge in [-0.2, -0.15) is 0 Å². The quantitative estimate of drug-likeness (QED) is 0.757. The van der Waals surface area contributed by atoms with Crippen LogP contribution in [0, 0.1) is 11.3 Å². The summed E-state index contributed by atoms with van der Waals surface area (Å²) >= 11 is 0. The molecule has 88 valence electrons. The number of hydrogen-bond acceptors (Lipinski definition) is 2. The van der Waals surface area contributed by atoms with Crippen LogP contribution in [-0.2, 0) is 0 Å². The van der Waals surface area contributed by atoms with E-state index in [0.29, 0.717) is 11.5 Å². The molecule has 0 amide bonds. The molecule has 3 unspecified atom stereocenters. The van der Waals surface area contributed by atoms with Gasteiger partial charge >= 0.3 is 0 Å². The topological polar surface area (TPSA) is 29.3 Å². The minimum atomic E-state index is 0.369. The van der Waals surface area contributed by atoms with Crippen molar-refractivity contribution in [3.05, 3.63) is 0 Å². The third-order valence-corrected chi connectivity index (χ3v) is 4.73. The Labute approximate surface area is 94.2 Å². The molecule has 0 aromatic carbocycles. The monoisotopic (exact) mass is 210 g/mol. The molecular weight excluding hydrogens is 184 g/mol. The van der Waals surface area contributed by atoms with E-state index in [1.165, 1.54) is 38.8 Å². The average Bonchev–Trinajstić information content (AvgIpc) is 2.66. The summed E-state index contributed by atoms with van der Waals surface area (Å²) in [7, 11) is 0. The molecule has 2 N–H and O–H groups in total. The predicted octanol–water partition coefficient (Wildman–Crippen LogP) is 2.23. The summed E-state index contributed by atoms with van der Waals surface area (Å²) in [5, 5.41) is 0. The summed E-state index contributed by atoms with van der Waals surface area (Å²) in [6, 6.07) is 1.20. The summed E-state index contributed by atoms with van der Waals surface area (Å²) in [5.41, 5.74) is 6.72.